The van der Waals surface area contributed by atoms with Crippen LogP contribution in [0.3, 0.4) is 0 Å². The van der Waals surface area contributed by atoms with Crippen molar-refractivity contribution in [3.05, 3.63) is 16.6 Å². The summed E-state index contributed by atoms with van der Waals surface area (Å²) in [5.74, 6) is 0. The zero-order chi connectivity index (χ0) is 11.3. The Labute approximate surface area is 96.5 Å². The molecule has 0 fully saturated rings. The van der Waals surface area contributed by atoms with Gasteiger partial charge in [-0.3, -0.25) is 0 Å². The predicted molar refractivity (Wildman–Crippen MR) is 66.2 cm³/mol. The highest BCUT2D eigenvalue weighted by Gasteiger charge is 2.18. The van der Waals surface area contributed by atoms with Crippen molar-refractivity contribution < 1.29 is 0 Å². The molecule has 0 unspecified atom stereocenters. The standard InChI is InChI=1S/C11H21N3S/c1-11(2,9-14(3)4)8-12-7-10-13-5-6-15-10/h5-6,12H,7-9H2,1-4H3. The van der Waals surface area contributed by atoms with Crippen LogP contribution in [0.15, 0.2) is 11.6 Å². The van der Waals surface area contributed by atoms with Crippen molar-refractivity contribution >= 4 is 11.3 Å². The minimum absolute atomic E-state index is 0.306. The normalized spacial score (nSPS) is 12.3. The molecular formula is C11H21N3S. The van der Waals surface area contributed by atoms with Gasteiger partial charge in [-0.2, -0.15) is 0 Å². The molecule has 1 rings (SSSR count). The van der Waals surface area contributed by atoms with Gasteiger partial charge in [0.15, 0.2) is 0 Å². The molecule has 0 aliphatic rings. The molecule has 0 amide bonds. The topological polar surface area (TPSA) is 28.2 Å². The van der Waals surface area contributed by atoms with Crippen LogP contribution < -0.4 is 5.32 Å². The van der Waals surface area contributed by atoms with Crippen molar-refractivity contribution in [2.45, 2.75) is 20.4 Å². The lowest BCUT2D eigenvalue weighted by molar-refractivity contribution is 0.232. The van der Waals surface area contributed by atoms with Crippen LogP contribution in [0.5, 0.6) is 0 Å². The van der Waals surface area contributed by atoms with Crippen molar-refractivity contribution in [3.63, 3.8) is 0 Å². The minimum atomic E-state index is 0.306. The Morgan fingerprint density at radius 2 is 2.20 bits per heavy atom. The summed E-state index contributed by atoms with van der Waals surface area (Å²) in [6, 6.07) is 0. The maximum absolute atomic E-state index is 4.24. The predicted octanol–water partition coefficient (Wildman–Crippen LogP) is 1.82. The molecule has 0 saturated heterocycles. The first-order chi connectivity index (χ1) is 6.99. The van der Waals surface area contributed by atoms with Crippen molar-refractivity contribution in [3.8, 4) is 0 Å². The summed E-state index contributed by atoms with van der Waals surface area (Å²) in [6.07, 6.45) is 1.85. The molecule has 0 aliphatic heterocycles. The van der Waals surface area contributed by atoms with Gasteiger partial charge in [-0.25, -0.2) is 4.98 Å². The summed E-state index contributed by atoms with van der Waals surface area (Å²) >= 11 is 1.70. The molecule has 0 bridgehead atoms. The fourth-order valence-corrected chi connectivity index (χ4v) is 2.35. The van der Waals surface area contributed by atoms with Crippen molar-refractivity contribution in [2.24, 2.45) is 5.41 Å². The van der Waals surface area contributed by atoms with Crippen molar-refractivity contribution in [1.82, 2.24) is 15.2 Å². The van der Waals surface area contributed by atoms with Crippen LogP contribution >= 0.6 is 11.3 Å². The van der Waals surface area contributed by atoms with Crippen LogP contribution in [-0.4, -0.2) is 37.1 Å². The summed E-state index contributed by atoms with van der Waals surface area (Å²) in [7, 11) is 4.23. The van der Waals surface area contributed by atoms with Crippen molar-refractivity contribution in [1.29, 1.82) is 0 Å². The molecule has 0 atom stereocenters. The van der Waals surface area contributed by atoms with Crippen LogP contribution in [0.4, 0.5) is 0 Å². The second-order valence-corrected chi connectivity index (χ2v) is 5.91. The minimum Gasteiger partial charge on any atom is -0.310 e. The SMILES string of the molecule is CN(C)CC(C)(C)CNCc1nccs1. The molecule has 0 radical (unpaired) electrons. The second kappa shape index (κ2) is 5.58. The van der Waals surface area contributed by atoms with Crippen LogP contribution in [0.25, 0.3) is 0 Å². The zero-order valence-corrected chi connectivity index (χ0v) is 10.9. The average Bonchev–Trinajstić information content (AvgIpc) is 2.53. The molecular weight excluding hydrogens is 206 g/mol. The van der Waals surface area contributed by atoms with Gasteiger partial charge in [0.1, 0.15) is 5.01 Å². The van der Waals surface area contributed by atoms with Gasteiger partial charge in [-0.05, 0) is 19.5 Å². The Morgan fingerprint density at radius 3 is 2.73 bits per heavy atom. The highest BCUT2D eigenvalue weighted by atomic mass is 32.1. The van der Waals surface area contributed by atoms with Gasteiger partial charge in [-0.15, -0.1) is 11.3 Å². The molecule has 1 aromatic heterocycles. The van der Waals surface area contributed by atoms with E-state index in [1.165, 1.54) is 0 Å². The average molecular weight is 227 g/mol. The van der Waals surface area contributed by atoms with Gasteiger partial charge in [0, 0.05) is 31.2 Å². The highest BCUT2D eigenvalue weighted by Crippen LogP contribution is 2.14. The first kappa shape index (κ1) is 12.6. The number of rotatable bonds is 6. The summed E-state index contributed by atoms with van der Waals surface area (Å²) < 4.78 is 0. The first-order valence-electron chi connectivity index (χ1n) is 5.23. The number of hydrogen-bond acceptors (Lipinski definition) is 4. The molecule has 0 aromatic carbocycles. The van der Waals surface area contributed by atoms with E-state index in [0.717, 1.165) is 24.6 Å². The molecule has 1 N–H and O–H groups in total. The largest absolute Gasteiger partial charge is 0.310 e. The van der Waals surface area contributed by atoms with Crippen LogP contribution in [0.2, 0.25) is 0 Å². The Bertz CT molecular complexity index is 267. The van der Waals surface area contributed by atoms with E-state index in [2.05, 4.69) is 43.1 Å². The quantitative estimate of drug-likeness (QED) is 0.803. The molecule has 0 spiro atoms. The van der Waals surface area contributed by atoms with E-state index in [-0.39, 0.29) is 0 Å². The van der Waals surface area contributed by atoms with Crippen LogP contribution in [-0.2, 0) is 6.54 Å². The summed E-state index contributed by atoms with van der Waals surface area (Å²) in [5.41, 5.74) is 0.306. The fourth-order valence-electron chi connectivity index (χ4n) is 1.76. The first-order valence-corrected chi connectivity index (χ1v) is 6.11. The van der Waals surface area contributed by atoms with Gasteiger partial charge in [0.25, 0.3) is 0 Å². The molecule has 86 valence electrons. The van der Waals surface area contributed by atoms with Gasteiger partial charge >= 0.3 is 0 Å². The molecule has 15 heavy (non-hydrogen) atoms. The molecule has 0 saturated carbocycles. The third-order valence-corrected chi connectivity index (χ3v) is 2.89. The maximum atomic E-state index is 4.24. The third-order valence-electron chi connectivity index (χ3n) is 2.11. The lowest BCUT2D eigenvalue weighted by atomic mass is 9.93. The highest BCUT2D eigenvalue weighted by molar-refractivity contribution is 7.09. The Morgan fingerprint density at radius 1 is 1.47 bits per heavy atom. The third kappa shape index (κ3) is 5.25. The lowest BCUT2D eigenvalue weighted by Crippen LogP contribution is -2.37. The van der Waals surface area contributed by atoms with Crippen LogP contribution in [0.1, 0.15) is 18.9 Å². The second-order valence-electron chi connectivity index (χ2n) is 4.93. The number of aromatic nitrogens is 1. The van der Waals surface area contributed by atoms with E-state index in [1.807, 2.05) is 11.6 Å². The lowest BCUT2D eigenvalue weighted by Gasteiger charge is -2.28. The number of nitrogens with zero attached hydrogens (tertiary/aromatic N) is 2. The smallest absolute Gasteiger partial charge is 0.106 e. The van der Waals surface area contributed by atoms with Crippen LogP contribution in [0, 0.1) is 5.41 Å². The van der Waals surface area contributed by atoms with E-state index < -0.39 is 0 Å². The van der Waals surface area contributed by atoms with E-state index in [0.29, 0.717) is 5.41 Å². The monoisotopic (exact) mass is 227 g/mol. The van der Waals surface area contributed by atoms with E-state index in [4.69, 9.17) is 0 Å². The van der Waals surface area contributed by atoms with E-state index in [9.17, 15) is 0 Å². The van der Waals surface area contributed by atoms with E-state index >= 15 is 0 Å². The molecule has 1 aromatic rings. The Kier molecular flexibility index (Phi) is 4.70. The van der Waals surface area contributed by atoms with Gasteiger partial charge < -0.3 is 10.2 Å². The van der Waals surface area contributed by atoms with Gasteiger partial charge in [0.05, 0.1) is 0 Å². The number of nitrogens with one attached hydrogen (secondary N) is 1. The summed E-state index contributed by atoms with van der Waals surface area (Å²) in [5, 5.41) is 6.63. The molecule has 3 nitrogen and oxygen atoms in total. The van der Waals surface area contributed by atoms with E-state index in [1.54, 1.807) is 11.3 Å². The molecule has 0 aliphatic carbocycles. The van der Waals surface area contributed by atoms with Crippen molar-refractivity contribution in [2.75, 3.05) is 27.2 Å². The number of hydrogen-bond donors (Lipinski definition) is 1. The fraction of sp³-hybridized carbons (Fsp3) is 0.727. The Balaban J connectivity index is 2.24. The zero-order valence-electron chi connectivity index (χ0n) is 10.1. The van der Waals surface area contributed by atoms with Gasteiger partial charge in [0.2, 0.25) is 0 Å². The maximum Gasteiger partial charge on any atom is 0.106 e. The molecule has 1 heterocycles. The molecule has 4 heteroatoms. The summed E-state index contributed by atoms with van der Waals surface area (Å²) in [6.45, 7) is 7.56. The van der Waals surface area contributed by atoms with Gasteiger partial charge in [-0.1, -0.05) is 13.8 Å². The summed E-state index contributed by atoms with van der Waals surface area (Å²) in [4.78, 5) is 6.47. The number of thiazole rings is 1. The Hall–Kier alpha value is -0.450.